The first-order valence-electron chi connectivity index (χ1n) is 13.6. The normalized spacial score (nSPS) is 18.0. The van der Waals surface area contributed by atoms with E-state index < -0.39 is 5.60 Å². The molecule has 2 aromatic heterocycles. The molecule has 0 bridgehead atoms. The lowest BCUT2D eigenvalue weighted by Gasteiger charge is -2.45. The summed E-state index contributed by atoms with van der Waals surface area (Å²) in [4.78, 5) is 26.6. The highest BCUT2D eigenvalue weighted by molar-refractivity contribution is 5.91. The van der Waals surface area contributed by atoms with Gasteiger partial charge < -0.3 is 19.1 Å². The predicted molar refractivity (Wildman–Crippen MR) is 156 cm³/mol. The van der Waals surface area contributed by atoms with Crippen LogP contribution in [0.25, 0.3) is 33.2 Å². The fraction of sp³-hybridized carbons (Fsp3) is 0.467. The molecule has 40 heavy (non-hydrogen) atoms. The van der Waals surface area contributed by atoms with Crippen LogP contribution >= 0.6 is 0 Å². The lowest BCUT2D eigenvalue weighted by Crippen LogP contribution is -2.59. The number of hydrogen-bond donors (Lipinski definition) is 0. The zero-order valence-electron chi connectivity index (χ0n) is 24.6. The number of fused-ring (bicyclic) bond motifs is 2. The predicted octanol–water partition coefficient (Wildman–Crippen LogP) is 5.31. The Morgan fingerprint density at radius 2 is 1.82 bits per heavy atom. The smallest absolute Gasteiger partial charge is 0.410 e. The van der Waals surface area contributed by atoms with Gasteiger partial charge in [-0.25, -0.2) is 14.8 Å². The van der Waals surface area contributed by atoms with Crippen LogP contribution < -0.4 is 9.64 Å². The summed E-state index contributed by atoms with van der Waals surface area (Å²) in [5.74, 6) is 1.24. The maximum Gasteiger partial charge on any atom is 0.410 e. The van der Waals surface area contributed by atoms with E-state index in [0.29, 0.717) is 24.7 Å². The zero-order valence-corrected chi connectivity index (χ0v) is 24.6. The quantitative estimate of drug-likeness (QED) is 0.311. The van der Waals surface area contributed by atoms with Crippen LogP contribution in [-0.4, -0.2) is 75.4 Å². The van der Waals surface area contributed by atoms with Crippen LogP contribution in [0.1, 0.15) is 40.2 Å². The lowest BCUT2D eigenvalue weighted by molar-refractivity contribution is 0.00566. The molecule has 2 atom stereocenters. The Kier molecular flexibility index (Phi) is 7.31. The topological polar surface area (TPSA) is 94.8 Å². The van der Waals surface area contributed by atoms with E-state index in [9.17, 15) is 4.79 Å². The van der Waals surface area contributed by atoms with E-state index in [2.05, 4.69) is 36.0 Å². The average molecular weight is 547 g/mol. The van der Waals surface area contributed by atoms with Crippen molar-refractivity contribution in [3.05, 3.63) is 42.2 Å². The number of hydrogen-bond acceptors (Lipinski definition) is 8. The van der Waals surface area contributed by atoms with Gasteiger partial charge in [0.1, 0.15) is 11.4 Å². The Morgan fingerprint density at radius 1 is 1.10 bits per heavy atom. The number of carbonyl (C=O) groups is 1. The first kappa shape index (κ1) is 27.6. The highest BCUT2D eigenvalue weighted by atomic mass is 16.7. The lowest BCUT2D eigenvalue weighted by atomic mass is 10.0. The maximum atomic E-state index is 12.8. The number of aryl methyl sites for hydroxylation is 2. The van der Waals surface area contributed by atoms with Gasteiger partial charge in [0, 0.05) is 61.7 Å². The molecule has 1 saturated heterocycles. The average Bonchev–Trinajstić information content (AvgIpc) is 3.26. The van der Waals surface area contributed by atoms with Crippen LogP contribution in [0.15, 0.2) is 36.7 Å². The van der Waals surface area contributed by atoms with Crippen molar-refractivity contribution >= 4 is 33.6 Å². The summed E-state index contributed by atoms with van der Waals surface area (Å²) < 4.78 is 18.6. The van der Waals surface area contributed by atoms with Crippen molar-refractivity contribution < 1.29 is 19.0 Å². The molecule has 5 rings (SSSR count). The second-order valence-electron chi connectivity index (χ2n) is 11.6. The van der Waals surface area contributed by atoms with Crippen LogP contribution in [-0.2, 0) is 16.5 Å². The number of ether oxygens (including phenoxy) is 3. The van der Waals surface area contributed by atoms with Crippen molar-refractivity contribution in [1.29, 1.82) is 0 Å². The Bertz CT molecular complexity index is 1550. The third kappa shape index (κ3) is 5.40. The van der Waals surface area contributed by atoms with E-state index in [4.69, 9.17) is 24.2 Å². The van der Waals surface area contributed by atoms with Crippen LogP contribution in [0.5, 0.6) is 5.75 Å². The van der Waals surface area contributed by atoms with Gasteiger partial charge in [-0.1, -0.05) is 0 Å². The minimum atomic E-state index is -0.524. The Balaban J connectivity index is 1.43. The molecule has 1 amide bonds. The van der Waals surface area contributed by atoms with Gasteiger partial charge in [0.2, 0.25) is 0 Å². The summed E-state index contributed by atoms with van der Waals surface area (Å²) in [6.45, 7) is 13.3. The van der Waals surface area contributed by atoms with Gasteiger partial charge in [-0.2, -0.15) is 5.10 Å². The summed E-state index contributed by atoms with van der Waals surface area (Å²) in [6.07, 6.45) is 3.57. The molecular formula is C30H38N6O4. The third-order valence-electron chi connectivity index (χ3n) is 7.11. The van der Waals surface area contributed by atoms with Gasteiger partial charge in [0.05, 0.1) is 28.7 Å². The fourth-order valence-corrected chi connectivity index (χ4v) is 5.46. The third-order valence-corrected chi connectivity index (χ3v) is 7.11. The summed E-state index contributed by atoms with van der Waals surface area (Å²) >= 11 is 0. The number of anilines is 1. The molecule has 3 heterocycles. The molecule has 0 spiro atoms. The molecule has 212 valence electrons. The summed E-state index contributed by atoms with van der Waals surface area (Å²) in [7, 11) is 3.50. The number of methoxy groups -OCH3 is 1. The van der Waals surface area contributed by atoms with Crippen LogP contribution in [0.4, 0.5) is 10.5 Å². The Morgan fingerprint density at radius 3 is 2.50 bits per heavy atom. The van der Waals surface area contributed by atoms with Crippen molar-refractivity contribution in [3.63, 3.8) is 0 Å². The van der Waals surface area contributed by atoms with Crippen LogP contribution in [0, 0.1) is 6.92 Å². The van der Waals surface area contributed by atoms with Gasteiger partial charge in [-0.3, -0.25) is 9.58 Å². The maximum absolute atomic E-state index is 12.8. The van der Waals surface area contributed by atoms with Crippen molar-refractivity contribution in [1.82, 2.24) is 24.6 Å². The summed E-state index contributed by atoms with van der Waals surface area (Å²) in [6, 6.07) is 8.24. The Labute approximate surface area is 234 Å². The largest absolute Gasteiger partial charge is 0.466 e. The molecule has 2 aromatic carbocycles. The molecule has 0 unspecified atom stereocenters. The number of rotatable bonds is 5. The van der Waals surface area contributed by atoms with Crippen LogP contribution in [0.3, 0.4) is 0 Å². The number of carbonyl (C=O) groups excluding carboxylic acids is 1. The monoisotopic (exact) mass is 546 g/mol. The van der Waals surface area contributed by atoms with E-state index in [1.54, 1.807) is 11.8 Å². The second kappa shape index (κ2) is 10.6. The highest BCUT2D eigenvalue weighted by Crippen LogP contribution is 2.37. The zero-order chi connectivity index (χ0) is 28.8. The second-order valence-corrected chi connectivity index (χ2v) is 11.6. The molecule has 0 radical (unpaired) electrons. The first-order valence-corrected chi connectivity index (χ1v) is 13.6. The molecule has 1 aliphatic heterocycles. The number of aromatic nitrogens is 4. The molecule has 1 fully saturated rings. The molecule has 0 aliphatic carbocycles. The van der Waals surface area contributed by atoms with Crippen molar-refractivity contribution in [2.24, 2.45) is 7.05 Å². The molecule has 4 aromatic rings. The number of nitrogens with zero attached hydrogens (tertiary/aromatic N) is 6. The van der Waals surface area contributed by atoms with Crippen molar-refractivity contribution in [2.75, 3.05) is 31.9 Å². The Hall–Kier alpha value is -3.92. The van der Waals surface area contributed by atoms with Gasteiger partial charge in [-0.15, -0.1) is 0 Å². The molecule has 10 heteroatoms. The molecule has 1 aliphatic rings. The molecule has 0 N–H and O–H groups in total. The molecular weight excluding hydrogens is 508 g/mol. The van der Waals surface area contributed by atoms with Gasteiger partial charge in [0.25, 0.3) is 0 Å². The number of benzene rings is 2. The molecule has 10 nitrogen and oxygen atoms in total. The standard InChI is InChI=1S/C30H38N6O4/c1-18-14-35(15-19(2)36(18)29(37)40-30(4,5)6)23-9-10-25-21(11-23)13-31-28(32-25)24-12-22-16-34(7)33-26(22)20(3)27(24)39-17-38-8/h9-13,16,18-19H,14-15,17H2,1-8H3/t18-,19+. The summed E-state index contributed by atoms with van der Waals surface area (Å²) in [5, 5.41) is 6.51. The van der Waals surface area contributed by atoms with E-state index >= 15 is 0 Å². The van der Waals surface area contributed by atoms with E-state index in [1.807, 2.05) is 64.2 Å². The van der Waals surface area contributed by atoms with E-state index in [1.165, 1.54) is 0 Å². The highest BCUT2D eigenvalue weighted by Gasteiger charge is 2.35. The number of piperazine rings is 1. The van der Waals surface area contributed by atoms with Crippen molar-refractivity contribution in [3.8, 4) is 17.1 Å². The number of amides is 1. The first-order chi connectivity index (χ1) is 18.9. The van der Waals surface area contributed by atoms with E-state index in [-0.39, 0.29) is 25.0 Å². The van der Waals surface area contributed by atoms with Gasteiger partial charge >= 0.3 is 6.09 Å². The minimum Gasteiger partial charge on any atom is -0.466 e. The SMILES string of the molecule is COCOc1c(-c2ncc3cc(N4C[C@@H](C)N(C(=O)OC(C)(C)C)[C@@H](C)C4)ccc3n2)cc2cn(C)nc2c1C. The fourth-order valence-electron chi connectivity index (χ4n) is 5.46. The van der Waals surface area contributed by atoms with E-state index in [0.717, 1.165) is 38.6 Å². The van der Waals surface area contributed by atoms with Crippen molar-refractivity contribution in [2.45, 2.75) is 59.2 Å². The van der Waals surface area contributed by atoms with Crippen LogP contribution in [0.2, 0.25) is 0 Å². The van der Waals surface area contributed by atoms with Gasteiger partial charge in [-0.05, 0) is 65.8 Å². The summed E-state index contributed by atoms with van der Waals surface area (Å²) in [5.41, 5.74) is 3.97. The minimum absolute atomic E-state index is 0.00378. The van der Waals surface area contributed by atoms with Gasteiger partial charge in [0.15, 0.2) is 12.6 Å². The molecule has 0 saturated carbocycles.